The number of ether oxygens (including phenoxy) is 1. The summed E-state index contributed by atoms with van der Waals surface area (Å²) in [6.07, 6.45) is 4.38. The van der Waals surface area contributed by atoms with E-state index in [0.717, 1.165) is 23.3 Å². The fraction of sp³-hybridized carbons (Fsp3) is 0.231. The van der Waals surface area contributed by atoms with Gasteiger partial charge in [0.15, 0.2) is 0 Å². The van der Waals surface area contributed by atoms with Crippen LogP contribution in [-0.4, -0.2) is 16.8 Å². The van der Waals surface area contributed by atoms with Crippen LogP contribution in [0.3, 0.4) is 0 Å². The largest absolute Gasteiger partial charge is 0.491 e. The van der Waals surface area contributed by atoms with Gasteiger partial charge in [0.1, 0.15) is 5.75 Å². The summed E-state index contributed by atoms with van der Waals surface area (Å²) in [5.41, 5.74) is 2.09. The Bertz CT molecular complexity index is 443. The van der Waals surface area contributed by atoms with Crippen molar-refractivity contribution in [3.05, 3.63) is 42.7 Å². The standard InChI is InChI=1S/C13H14N2O/c1-2-8-16-13-10-15-14-9-12(13)11-6-4-3-5-7-11/h3-7,9-10H,2,8H2,1H3. The Morgan fingerprint density at radius 2 is 1.81 bits per heavy atom. The Hall–Kier alpha value is -1.90. The van der Waals surface area contributed by atoms with Crippen molar-refractivity contribution in [3.63, 3.8) is 0 Å². The topological polar surface area (TPSA) is 35.0 Å². The average Bonchev–Trinajstić information content (AvgIpc) is 2.38. The molecule has 0 aliphatic rings. The van der Waals surface area contributed by atoms with Gasteiger partial charge in [0.2, 0.25) is 0 Å². The van der Waals surface area contributed by atoms with E-state index in [4.69, 9.17) is 4.74 Å². The van der Waals surface area contributed by atoms with E-state index < -0.39 is 0 Å². The van der Waals surface area contributed by atoms with Crippen LogP contribution < -0.4 is 4.74 Å². The minimum Gasteiger partial charge on any atom is -0.491 e. The van der Waals surface area contributed by atoms with E-state index in [0.29, 0.717) is 6.61 Å². The molecule has 0 atom stereocenters. The van der Waals surface area contributed by atoms with Crippen molar-refractivity contribution in [1.82, 2.24) is 10.2 Å². The second-order valence-corrected chi connectivity index (χ2v) is 3.48. The molecule has 3 heteroatoms. The van der Waals surface area contributed by atoms with E-state index in [1.807, 2.05) is 30.3 Å². The molecule has 0 saturated heterocycles. The highest BCUT2D eigenvalue weighted by Gasteiger charge is 2.05. The zero-order chi connectivity index (χ0) is 11.2. The maximum absolute atomic E-state index is 5.64. The highest BCUT2D eigenvalue weighted by Crippen LogP contribution is 2.27. The molecule has 82 valence electrons. The SMILES string of the molecule is CCCOc1cnncc1-c1ccccc1. The lowest BCUT2D eigenvalue weighted by atomic mass is 10.1. The number of aromatic nitrogens is 2. The van der Waals surface area contributed by atoms with Gasteiger partial charge in [-0.2, -0.15) is 10.2 Å². The Kier molecular flexibility index (Phi) is 3.49. The summed E-state index contributed by atoms with van der Waals surface area (Å²) >= 11 is 0. The van der Waals surface area contributed by atoms with Crippen LogP contribution in [0.2, 0.25) is 0 Å². The first-order chi connectivity index (χ1) is 7.92. The van der Waals surface area contributed by atoms with E-state index >= 15 is 0 Å². The van der Waals surface area contributed by atoms with Gasteiger partial charge >= 0.3 is 0 Å². The van der Waals surface area contributed by atoms with Crippen LogP contribution in [0.5, 0.6) is 5.75 Å². The fourth-order valence-electron chi connectivity index (χ4n) is 1.47. The van der Waals surface area contributed by atoms with Crippen molar-refractivity contribution in [2.45, 2.75) is 13.3 Å². The van der Waals surface area contributed by atoms with Gasteiger partial charge in [0.05, 0.1) is 19.0 Å². The van der Waals surface area contributed by atoms with Gasteiger partial charge in [0, 0.05) is 5.56 Å². The van der Waals surface area contributed by atoms with E-state index in [1.54, 1.807) is 12.4 Å². The highest BCUT2D eigenvalue weighted by atomic mass is 16.5. The first-order valence-corrected chi connectivity index (χ1v) is 5.40. The van der Waals surface area contributed by atoms with E-state index in [-0.39, 0.29) is 0 Å². The third-order valence-corrected chi connectivity index (χ3v) is 2.24. The molecule has 0 saturated carbocycles. The molecule has 0 aliphatic heterocycles. The van der Waals surface area contributed by atoms with Crippen LogP contribution in [0.15, 0.2) is 42.7 Å². The van der Waals surface area contributed by atoms with Gasteiger partial charge in [-0.05, 0) is 12.0 Å². The maximum atomic E-state index is 5.64. The molecule has 0 unspecified atom stereocenters. The van der Waals surface area contributed by atoms with Crippen LogP contribution >= 0.6 is 0 Å². The lowest BCUT2D eigenvalue weighted by Crippen LogP contribution is -1.98. The smallest absolute Gasteiger partial charge is 0.148 e. The molecule has 16 heavy (non-hydrogen) atoms. The third kappa shape index (κ3) is 2.37. The van der Waals surface area contributed by atoms with E-state index in [1.165, 1.54) is 0 Å². The summed E-state index contributed by atoms with van der Waals surface area (Å²) in [5.74, 6) is 0.794. The average molecular weight is 214 g/mol. The maximum Gasteiger partial charge on any atom is 0.148 e. The summed E-state index contributed by atoms with van der Waals surface area (Å²) < 4.78 is 5.64. The Balaban J connectivity index is 2.33. The predicted molar refractivity (Wildman–Crippen MR) is 63.3 cm³/mol. The third-order valence-electron chi connectivity index (χ3n) is 2.24. The molecule has 0 radical (unpaired) electrons. The zero-order valence-corrected chi connectivity index (χ0v) is 9.26. The Morgan fingerprint density at radius 3 is 2.56 bits per heavy atom. The van der Waals surface area contributed by atoms with Crippen molar-refractivity contribution in [3.8, 4) is 16.9 Å². The molecule has 0 N–H and O–H groups in total. The summed E-state index contributed by atoms with van der Waals surface area (Å²) in [4.78, 5) is 0. The van der Waals surface area contributed by atoms with Crippen molar-refractivity contribution in [1.29, 1.82) is 0 Å². The van der Waals surface area contributed by atoms with Crippen LogP contribution in [0.4, 0.5) is 0 Å². The zero-order valence-electron chi connectivity index (χ0n) is 9.26. The molecule has 0 amide bonds. The molecule has 0 aliphatic carbocycles. The number of nitrogens with zero attached hydrogens (tertiary/aromatic N) is 2. The van der Waals surface area contributed by atoms with Gasteiger partial charge < -0.3 is 4.74 Å². The minimum atomic E-state index is 0.700. The van der Waals surface area contributed by atoms with Gasteiger partial charge in [-0.3, -0.25) is 0 Å². The van der Waals surface area contributed by atoms with Gasteiger partial charge in [0.25, 0.3) is 0 Å². The van der Waals surface area contributed by atoms with Crippen LogP contribution in [-0.2, 0) is 0 Å². The molecule has 3 nitrogen and oxygen atoms in total. The quantitative estimate of drug-likeness (QED) is 0.784. The minimum absolute atomic E-state index is 0.700. The van der Waals surface area contributed by atoms with Gasteiger partial charge in [-0.1, -0.05) is 37.3 Å². The van der Waals surface area contributed by atoms with Crippen molar-refractivity contribution in [2.75, 3.05) is 6.61 Å². The number of rotatable bonds is 4. The summed E-state index contributed by atoms with van der Waals surface area (Å²) in [6.45, 7) is 2.78. The number of hydrogen-bond donors (Lipinski definition) is 0. The second kappa shape index (κ2) is 5.26. The van der Waals surface area contributed by atoms with E-state index in [9.17, 15) is 0 Å². The van der Waals surface area contributed by atoms with Gasteiger partial charge in [-0.15, -0.1) is 0 Å². The normalized spacial score (nSPS) is 10.1. The number of hydrogen-bond acceptors (Lipinski definition) is 3. The predicted octanol–water partition coefficient (Wildman–Crippen LogP) is 2.93. The molecule has 0 fully saturated rings. The molecule has 1 heterocycles. The molecule has 2 rings (SSSR count). The van der Waals surface area contributed by atoms with Crippen LogP contribution in [0, 0.1) is 0 Å². The summed E-state index contributed by atoms with van der Waals surface area (Å²) in [6, 6.07) is 10.1. The highest BCUT2D eigenvalue weighted by molar-refractivity contribution is 5.68. The first-order valence-electron chi connectivity index (χ1n) is 5.40. The van der Waals surface area contributed by atoms with Crippen molar-refractivity contribution in [2.24, 2.45) is 0 Å². The molecule has 1 aromatic carbocycles. The van der Waals surface area contributed by atoms with Crippen LogP contribution in [0.25, 0.3) is 11.1 Å². The fourth-order valence-corrected chi connectivity index (χ4v) is 1.47. The molecule has 0 bridgehead atoms. The Labute approximate surface area is 95.1 Å². The molecule has 1 aromatic heterocycles. The Morgan fingerprint density at radius 1 is 1.06 bits per heavy atom. The van der Waals surface area contributed by atoms with Crippen molar-refractivity contribution < 1.29 is 4.74 Å². The first kappa shape index (κ1) is 10.6. The lowest BCUT2D eigenvalue weighted by Gasteiger charge is -2.09. The van der Waals surface area contributed by atoms with Crippen LogP contribution in [0.1, 0.15) is 13.3 Å². The summed E-state index contributed by atoms with van der Waals surface area (Å²) in [7, 11) is 0. The molecule has 2 aromatic rings. The van der Waals surface area contributed by atoms with E-state index in [2.05, 4.69) is 17.1 Å². The summed E-state index contributed by atoms with van der Waals surface area (Å²) in [5, 5.41) is 7.75. The number of benzene rings is 1. The van der Waals surface area contributed by atoms with Crippen molar-refractivity contribution >= 4 is 0 Å². The molecule has 0 spiro atoms. The molecular weight excluding hydrogens is 200 g/mol. The second-order valence-electron chi connectivity index (χ2n) is 3.48. The monoisotopic (exact) mass is 214 g/mol. The molecular formula is C13H14N2O. The van der Waals surface area contributed by atoms with Gasteiger partial charge in [-0.25, -0.2) is 0 Å². The lowest BCUT2D eigenvalue weighted by molar-refractivity contribution is 0.317.